The highest BCUT2D eigenvalue weighted by atomic mass is 16.2. The van der Waals surface area contributed by atoms with E-state index in [-0.39, 0.29) is 23.9 Å². The fourth-order valence-corrected chi connectivity index (χ4v) is 2.48. The van der Waals surface area contributed by atoms with Crippen LogP contribution in [0.25, 0.3) is 0 Å². The van der Waals surface area contributed by atoms with Crippen LogP contribution in [0.15, 0.2) is 60.7 Å². The van der Waals surface area contributed by atoms with E-state index in [1.165, 1.54) is 0 Å². The first kappa shape index (κ1) is 20.2. The van der Waals surface area contributed by atoms with E-state index in [0.717, 1.165) is 0 Å². The lowest BCUT2D eigenvalue weighted by Gasteiger charge is -2.22. The van der Waals surface area contributed by atoms with Crippen LogP contribution in [0.5, 0.6) is 0 Å². The van der Waals surface area contributed by atoms with Crippen molar-refractivity contribution in [3.63, 3.8) is 0 Å². The van der Waals surface area contributed by atoms with Crippen molar-refractivity contribution < 1.29 is 14.4 Å². The quantitative estimate of drug-likeness (QED) is 0.731. The van der Waals surface area contributed by atoms with Gasteiger partial charge in [0.25, 0.3) is 5.91 Å². The van der Waals surface area contributed by atoms with E-state index in [2.05, 4.69) is 16.0 Å². The standard InChI is InChI=1S/C21H25N3O3/c1-21(2,3)24-17(25)14-22-20(27)18(15-10-6-4-7-11-15)23-19(26)16-12-8-5-9-13-16/h4-13,18H,14H2,1-3H3,(H,22,27)(H,23,26)(H,24,25). The summed E-state index contributed by atoms with van der Waals surface area (Å²) in [6.07, 6.45) is 0. The highest BCUT2D eigenvalue weighted by Gasteiger charge is 2.24. The second-order valence-electron chi connectivity index (χ2n) is 7.20. The van der Waals surface area contributed by atoms with Gasteiger partial charge in [0.15, 0.2) is 0 Å². The molecule has 3 N–H and O–H groups in total. The van der Waals surface area contributed by atoms with Crippen molar-refractivity contribution in [3.05, 3.63) is 71.8 Å². The Morgan fingerprint density at radius 1 is 0.889 bits per heavy atom. The molecule has 0 bridgehead atoms. The van der Waals surface area contributed by atoms with Crippen LogP contribution in [0, 0.1) is 0 Å². The van der Waals surface area contributed by atoms with Gasteiger partial charge in [0, 0.05) is 11.1 Å². The molecule has 0 aliphatic rings. The molecule has 1 atom stereocenters. The number of amides is 3. The molecular weight excluding hydrogens is 342 g/mol. The Balaban J connectivity index is 2.10. The minimum absolute atomic E-state index is 0.166. The number of rotatable bonds is 6. The molecule has 0 saturated carbocycles. The summed E-state index contributed by atoms with van der Waals surface area (Å²) in [5, 5.41) is 8.11. The van der Waals surface area contributed by atoms with Crippen molar-refractivity contribution in [2.45, 2.75) is 32.4 Å². The predicted molar refractivity (Wildman–Crippen MR) is 104 cm³/mol. The zero-order valence-corrected chi connectivity index (χ0v) is 15.8. The monoisotopic (exact) mass is 367 g/mol. The number of carbonyl (C=O) groups excluding carboxylic acids is 3. The van der Waals surface area contributed by atoms with Gasteiger partial charge in [-0.3, -0.25) is 14.4 Å². The number of benzene rings is 2. The first-order valence-electron chi connectivity index (χ1n) is 8.76. The molecule has 2 aromatic carbocycles. The van der Waals surface area contributed by atoms with E-state index in [1.807, 2.05) is 32.9 Å². The maximum Gasteiger partial charge on any atom is 0.252 e. The van der Waals surface area contributed by atoms with Gasteiger partial charge in [-0.25, -0.2) is 0 Å². The molecule has 2 rings (SSSR count). The van der Waals surface area contributed by atoms with Crippen molar-refractivity contribution in [2.75, 3.05) is 6.54 Å². The molecule has 0 spiro atoms. The van der Waals surface area contributed by atoms with E-state index in [9.17, 15) is 14.4 Å². The summed E-state index contributed by atoms with van der Waals surface area (Å²) in [7, 11) is 0. The third-order valence-electron chi connectivity index (χ3n) is 3.64. The van der Waals surface area contributed by atoms with Gasteiger partial charge in [0.1, 0.15) is 6.04 Å². The molecule has 0 aromatic heterocycles. The zero-order valence-electron chi connectivity index (χ0n) is 15.8. The number of nitrogens with one attached hydrogen (secondary N) is 3. The van der Waals surface area contributed by atoms with Crippen molar-refractivity contribution in [1.82, 2.24) is 16.0 Å². The fraction of sp³-hybridized carbons (Fsp3) is 0.286. The van der Waals surface area contributed by atoms with E-state index in [1.54, 1.807) is 48.5 Å². The summed E-state index contributed by atoms with van der Waals surface area (Å²) in [5.74, 6) is -1.11. The van der Waals surface area contributed by atoms with Crippen LogP contribution >= 0.6 is 0 Å². The van der Waals surface area contributed by atoms with Gasteiger partial charge < -0.3 is 16.0 Å². The molecule has 0 fully saturated rings. The molecule has 0 saturated heterocycles. The van der Waals surface area contributed by atoms with Crippen LogP contribution in [0.1, 0.15) is 42.7 Å². The summed E-state index contributed by atoms with van der Waals surface area (Å²) in [4.78, 5) is 37.1. The molecule has 0 aliphatic carbocycles. The maximum absolute atomic E-state index is 12.7. The Labute approximate surface area is 159 Å². The molecule has 1 unspecified atom stereocenters. The molecular formula is C21H25N3O3. The lowest BCUT2D eigenvalue weighted by Crippen LogP contribution is -2.48. The Bertz CT molecular complexity index is 783. The largest absolute Gasteiger partial charge is 0.350 e. The van der Waals surface area contributed by atoms with Crippen LogP contribution in [-0.2, 0) is 9.59 Å². The van der Waals surface area contributed by atoms with Gasteiger partial charge in [-0.05, 0) is 38.5 Å². The Kier molecular flexibility index (Phi) is 6.71. The average molecular weight is 367 g/mol. The molecule has 3 amide bonds. The molecule has 142 valence electrons. The Morgan fingerprint density at radius 3 is 2.00 bits per heavy atom. The summed E-state index contributed by atoms with van der Waals surface area (Å²) in [6.45, 7) is 5.42. The second-order valence-corrected chi connectivity index (χ2v) is 7.20. The van der Waals surface area contributed by atoms with Gasteiger partial charge in [-0.1, -0.05) is 48.5 Å². The SMILES string of the molecule is CC(C)(C)NC(=O)CNC(=O)C(NC(=O)c1ccccc1)c1ccccc1. The first-order valence-corrected chi connectivity index (χ1v) is 8.76. The second kappa shape index (κ2) is 8.98. The van der Waals surface area contributed by atoms with Gasteiger partial charge >= 0.3 is 0 Å². The molecule has 0 radical (unpaired) electrons. The van der Waals surface area contributed by atoms with E-state index in [4.69, 9.17) is 0 Å². The van der Waals surface area contributed by atoms with Crippen LogP contribution in [0.3, 0.4) is 0 Å². The van der Waals surface area contributed by atoms with Crippen molar-refractivity contribution in [3.8, 4) is 0 Å². The van der Waals surface area contributed by atoms with Gasteiger partial charge in [-0.15, -0.1) is 0 Å². The summed E-state index contributed by atoms with van der Waals surface area (Å²) in [5.41, 5.74) is 0.703. The Morgan fingerprint density at radius 2 is 1.44 bits per heavy atom. The van der Waals surface area contributed by atoms with E-state index >= 15 is 0 Å². The van der Waals surface area contributed by atoms with Crippen molar-refractivity contribution in [2.24, 2.45) is 0 Å². The first-order chi connectivity index (χ1) is 12.8. The van der Waals surface area contributed by atoms with Crippen LogP contribution in [0.2, 0.25) is 0 Å². The van der Waals surface area contributed by atoms with E-state index < -0.39 is 11.9 Å². The average Bonchev–Trinajstić information content (AvgIpc) is 2.64. The predicted octanol–water partition coefficient (Wildman–Crippen LogP) is 2.19. The summed E-state index contributed by atoms with van der Waals surface area (Å²) < 4.78 is 0. The number of carbonyl (C=O) groups is 3. The smallest absolute Gasteiger partial charge is 0.252 e. The molecule has 6 nitrogen and oxygen atoms in total. The molecule has 0 aliphatic heterocycles. The van der Waals surface area contributed by atoms with Gasteiger partial charge in [0.2, 0.25) is 11.8 Å². The summed E-state index contributed by atoms with van der Waals surface area (Å²) >= 11 is 0. The van der Waals surface area contributed by atoms with Crippen LogP contribution in [-0.4, -0.2) is 29.8 Å². The molecule has 0 heterocycles. The number of hydrogen-bond donors (Lipinski definition) is 3. The highest BCUT2D eigenvalue weighted by molar-refractivity contribution is 5.98. The minimum atomic E-state index is -0.902. The lowest BCUT2D eigenvalue weighted by atomic mass is 10.1. The highest BCUT2D eigenvalue weighted by Crippen LogP contribution is 2.14. The van der Waals surface area contributed by atoms with Crippen LogP contribution < -0.4 is 16.0 Å². The third-order valence-corrected chi connectivity index (χ3v) is 3.64. The van der Waals surface area contributed by atoms with Crippen molar-refractivity contribution in [1.29, 1.82) is 0 Å². The van der Waals surface area contributed by atoms with Crippen molar-refractivity contribution >= 4 is 17.7 Å². The topological polar surface area (TPSA) is 87.3 Å². The van der Waals surface area contributed by atoms with Gasteiger partial charge in [0.05, 0.1) is 6.54 Å². The van der Waals surface area contributed by atoms with Gasteiger partial charge in [-0.2, -0.15) is 0 Å². The lowest BCUT2D eigenvalue weighted by molar-refractivity contribution is -0.127. The third kappa shape index (κ3) is 6.58. The molecule has 27 heavy (non-hydrogen) atoms. The van der Waals surface area contributed by atoms with Crippen LogP contribution in [0.4, 0.5) is 0 Å². The Hall–Kier alpha value is -3.15. The fourth-order valence-electron chi connectivity index (χ4n) is 2.48. The zero-order chi connectivity index (χ0) is 19.9. The minimum Gasteiger partial charge on any atom is -0.350 e. The number of hydrogen-bond acceptors (Lipinski definition) is 3. The summed E-state index contributed by atoms with van der Waals surface area (Å²) in [6, 6.07) is 16.7. The maximum atomic E-state index is 12.7. The molecule has 2 aromatic rings. The normalized spacial score (nSPS) is 12.0. The van der Waals surface area contributed by atoms with E-state index in [0.29, 0.717) is 11.1 Å². The molecule has 6 heteroatoms.